The van der Waals surface area contributed by atoms with Gasteiger partial charge in [0.05, 0.1) is 13.5 Å². The Kier molecular flexibility index (Phi) is 5.80. The lowest BCUT2D eigenvalue weighted by molar-refractivity contribution is -0.131. The van der Waals surface area contributed by atoms with E-state index in [9.17, 15) is 4.79 Å². The summed E-state index contributed by atoms with van der Waals surface area (Å²) in [5.41, 5.74) is 5.81. The van der Waals surface area contributed by atoms with E-state index in [1.165, 1.54) is 11.1 Å². The summed E-state index contributed by atoms with van der Waals surface area (Å²) < 4.78 is 5.39. The van der Waals surface area contributed by atoms with Crippen LogP contribution < -0.4 is 10.1 Å². The van der Waals surface area contributed by atoms with E-state index < -0.39 is 0 Å². The molecule has 0 fully saturated rings. The predicted octanol–water partition coefficient (Wildman–Crippen LogP) is 4.43. The molecular formula is C25H26N2O2. The highest BCUT2D eigenvalue weighted by molar-refractivity contribution is 5.79. The maximum absolute atomic E-state index is 12.7. The third kappa shape index (κ3) is 4.60. The normalized spacial score (nSPS) is 12.9. The zero-order chi connectivity index (χ0) is 20.1. The second kappa shape index (κ2) is 8.82. The number of carbonyl (C=O) groups is 1. The van der Waals surface area contributed by atoms with Crippen molar-refractivity contribution in [1.29, 1.82) is 0 Å². The molecular weight excluding hydrogens is 360 g/mol. The number of carbonyl (C=O) groups excluding carboxylic acids is 1. The van der Waals surface area contributed by atoms with E-state index in [1.54, 1.807) is 7.11 Å². The van der Waals surface area contributed by atoms with E-state index in [2.05, 4.69) is 29.6 Å². The third-order valence-electron chi connectivity index (χ3n) is 5.47. The molecule has 4 heteroatoms. The molecule has 3 aromatic carbocycles. The van der Waals surface area contributed by atoms with E-state index in [-0.39, 0.29) is 5.91 Å². The molecule has 1 amide bonds. The average molecular weight is 386 g/mol. The summed E-state index contributed by atoms with van der Waals surface area (Å²) in [6.07, 6.45) is 1.38. The summed E-state index contributed by atoms with van der Waals surface area (Å²) in [6, 6.07) is 24.5. The first-order chi connectivity index (χ1) is 14.2. The summed E-state index contributed by atoms with van der Waals surface area (Å²) in [5.74, 6) is 1.07. The van der Waals surface area contributed by atoms with Gasteiger partial charge in [-0.3, -0.25) is 4.79 Å². The van der Waals surface area contributed by atoms with Crippen molar-refractivity contribution in [3.8, 4) is 5.75 Å². The molecule has 1 N–H and O–H groups in total. The predicted molar refractivity (Wildman–Crippen MR) is 116 cm³/mol. The zero-order valence-corrected chi connectivity index (χ0v) is 16.7. The number of ether oxygens (including phenoxy) is 1. The van der Waals surface area contributed by atoms with Crippen molar-refractivity contribution < 1.29 is 9.53 Å². The number of para-hydroxylation sites is 1. The van der Waals surface area contributed by atoms with Gasteiger partial charge in [0, 0.05) is 30.9 Å². The van der Waals surface area contributed by atoms with Crippen molar-refractivity contribution >= 4 is 11.6 Å². The first kappa shape index (κ1) is 19.1. The Morgan fingerprint density at radius 1 is 0.966 bits per heavy atom. The van der Waals surface area contributed by atoms with E-state index >= 15 is 0 Å². The standard InChI is InChI=1S/C25H26N2O2/c1-29-24-9-5-4-7-21(24)17-26-23-12-10-19(11-13-23)16-25(28)27-15-14-20-6-2-3-8-22(20)18-27/h2-13,26H,14-18H2,1H3. The van der Waals surface area contributed by atoms with Gasteiger partial charge in [0.2, 0.25) is 5.91 Å². The number of fused-ring (bicyclic) bond motifs is 1. The number of hydrogen-bond donors (Lipinski definition) is 1. The fourth-order valence-electron chi connectivity index (χ4n) is 3.78. The van der Waals surface area contributed by atoms with Crippen LogP contribution in [0.5, 0.6) is 5.75 Å². The molecule has 0 unspecified atom stereocenters. The summed E-state index contributed by atoms with van der Waals surface area (Å²) >= 11 is 0. The molecule has 148 valence electrons. The smallest absolute Gasteiger partial charge is 0.227 e. The second-order valence-electron chi connectivity index (χ2n) is 7.37. The van der Waals surface area contributed by atoms with Gasteiger partial charge in [-0.15, -0.1) is 0 Å². The van der Waals surface area contributed by atoms with Crippen LogP contribution in [0.25, 0.3) is 0 Å². The van der Waals surface area contributed by atoms with Crippen LogP contribution in [0.4, 0.5) is 5.69 Å². The number of nitrogens with zero attached hydrogens (tertiary/aromatic N) is 1. The topological polar surface area (TPSA) is 41.6 Å². The highest BCUT2D eigenvalue weighted by atomic mass is 16.5. The van der Waals surface area contributed by atoms with Gasteiger partial charge in [-0.05, 0) is 41.3 Å². The van der Waals surface area contributed by atoms with Crippen molar-refractivity contribution in [2.45, 2.75) is 25.9 Å². The van der Waals surface area contributed by atoms with Gasteiger partial charge < -0.3 is 15.0 Å². The van der Waals surface area contributed by atoms with Crippen LogP contribution in [-0.2, 0) is 30.7 Å². The van der Waals surface area contributed by atoms with Gasteiger partial charge in [0.25, 0.3) is 0 Å². The van der Waals surface area contributed by atoms with Gasteiger partial charge in [-0.2, -0.15) is 0 Å². The molecule has 0 bridgehead atoms. The van der Waals surface area contributed by atoms with E-state index in [4.69, 9.17) is 4.74 Å². The lowest BCUT2D eigenvalue weighted by Crippen LogP contribution is -2.36. The maximum atomic E-state index is 12.7. The Morgan fingerprint density at radius 3 is 2.48 bits per heavy atom. The maximum Gasteiger partial charge on any atom is 0.227 e. The van der Waals surface area contributed by atoms with E-state index in [1.807, 2.05) is 53.4 Å². The molecule has 3 aromatic rings. The molecule has 0 spiro atoms. The summed E-state index contributed by atoms with van der Waals surface area (Å²) in [4.78, 5) is 14.7. The molecule has 1 aliphatic rings. The quantitative estimate of drug-likeness (QED) is 0.681. The average Bonchev–Trinajstić information content (AvgIpc) is 2.78. The third-order valence-corrected chi connectivity index (χ3v) is 5.47. The Hall–Kier alpha value is -3.27. The minimum absolute atomic E-state index is 0.189. The Bertz CT molecular complexity index is 982. The van der Waals surface area contributed by atoms with Crippen molar-refractivity contribution in [3.63, 3.8) is 0 Å². The molecule has 29 heavy (non-hydrogen) atoms. The number of amides is 1. The van der Waals surface area contributed by atoms with Gasteiger partial charge in [-0.1, -0.05) is 54.6 Å². The number of rotatable bonds is 6. The summed E-state index contributed by atoms with van der Waals surface area (Å²) in [7, 11) is 1.69. The fraction of sp³-hybridized carbons (Fsp3) is 0.240. The molecule has 4 rings (SSSR count). The van der Waals surface area contributed by atoms with Crippen molar-refractivity contribution in [2.75, 3.05) is 19.0 Å². The highest BCUT2D eigenvalue weighted by Gasteiger charge is 2.20. The summed E-state index contributed by atoms with van der Waals surface area (Å²) in [6.45, 7) is 2.21. The van der Waals surface area contributed by atoms with E-state index in [0.717, 1.165) is 35.5 Å². The molecule has 0 atom stereocenters. The number of hydrogen-bond acceptors (Lipinski definition) is 3. The van der Waals surface area contributed by atoms with Crippen LogP contribution in [0.15, 0.2) is 72.8 Å². The molecule has 0 saturated carbocycles. The minimum atomic E-state index is 0.189. The van der Waals surface area contributed by atoms with E-state index in [0.29, 0.717) is 19.5 Å². The van der Waals surface area contributed by atoms with Crippen molar-refractivity contribution in [3.05, 3.63) is 95.1 Å². The SMILES string of the molecule is COc1ccccc1CNc1ccc(CC(=O)N2CCc3ccccc3C2)cc1. The molecule has 1 heterocycles. The van der Waals surface area contributed by atoms with Crippen LogP contribution in [0.1, 0.15) is 22.3 Å². The van der Waals surface area contributed by atoms with Gasteiger partial charge in [0.1, 0.15) is 5.75 Å². The first-order valence-corrected chi connectivity index (χ1v) is 10.0. The van der Waals surface area contributed by atoms with Crippen molar-refractivity contribution in [1.82, 2.24) is 4.90 Å². The minimum Gasteiger partial charge on any atom is -0.496 e. The lowest BCUT2D eigenvalue weighted by atomic mass is 9.99. The van der Waals surface area contributed by atoms with Crippen molar-refractivity contribution in [2.24, 2.45) is 0 Å². The largest absolute Gasteiger partial charge is 0.496 e. The number of nitrogens with one attached hydrogen (secondary N) is 1. The molecule has 0 aromatic heterocycles. The Labute approximate surface area is 172 Å². The molecule has 0 aliphatic carbocycles. The van der Waals surface area contributed by atoms with Crippen LogP contribution in [0, 0.1) is 0 Å². The van der Waals surface area contributed by atoms with Gasteiger partial charge in [0.15, 0.2) is 0 Å². The van der Waals surface area contributed by atoms with Crippen LogP contribution in [0.2, 0.25) is 0 Å². The summed E-state index contributed by atoms with van der Waals surface area (Å²) in [5, 5.41) is 3.42. The number of benzene rings is 3. The first-order valence-electron chi connectivity index (χ1n) is 10.0. The Balaban J connectivity index is 1.33. The van der Waals surface area contributed by atoms with Gasteiger partial charge in [-0.25, -0.2) is 0 Å². The lowest BCUT2D eigenvalue weighted by Gasteiger charge is -2.29. The van der Waals surface area contributed by atoms with Gasteiger partial charge >= 0.3 is 0 Å². The molecule has 4 nitrogen and oxygen atoms in total. The number of methoxy groups -OCH3 is 1. The highest BCUT2D eigenvalue weighted by Crippen LogP contribution is 2.21. The fourth-order valence-corrected chi connectivity index (χ4v) is 3.78. The Morgan fingerprint density at radius 2 is 1.69 bits per heavy atom. The molecule has 0 saturated heterocycles. The molecule has 0 radical (unpaired) electrons. The molecule has 1 aliphatic heterocycles. The van der Waals surface area contributed by atoms with Crippen LogP contribution in [0.3, 0.4) is 0 Å². The number of anilines is 1. The van der Waals surface area contributed by atoms with Crippen LogP contribution >= 0.6 is 0 Å². The monoisotopic (exact) mass is 386 g/mol. The zero-order valence-electron chi connectivity index (χ0n) is 16.7. The van der Waals surface area contributed by atoms with Crippen LogP contribution in [-0.4, -0.2) is 24.5 Å². The second-order valence-corrected chi connectivity index (χ2v) is 7.37.